The van der Waals surface area contributed by atoms with Gasteiger partial charge in [0.05, 0.1) is 37.6 Å². The normalized spacial score (nSPS) is 27.8. The molecule has 0 aromatic heterocycles. The fourth-order valence-electron chi connectivity index (χ4n) is 8.55. The third-order valence-electron chi connectivity index (χ3n) is 12.9. The number of ether oxygens (including phenoxy) is 3. The average Bonchev–Trinajstić information content (AvgIpc) is 3.77. The van der Waals surface area contributed by atoms with E-state index in [9.17, 15) is 43.5 Å². The van der Waals surface area contributed by atoms with Crippen LogP contribution in [0.15, 0.2) is 24.3 Å². The zero-order valence-electron chi connectivity index (χ0n) is 41.9. The fraction of sp³-hybridized carbons (Fsp3) is 0.714. The number of cyclic esters (lactones) is 2. The Balaban J connectivity index is 2.23. The van der Waals surface area contributed by atoms with E-state index in [1.54, 1.807) is 52.1 Å². The Morgan fingerprint density at radius 3 is 2.10 bits per heavy atom. The van der Waals surface area contributed by atoms with Crippen molar-refractivity contribution in [3.05, 3.63) is 29.8 Å². The van der Waals surface area contributed by atoms with Crippen molar-refractivity contribution in [2.75, 3.05) is 27.7 Å². The van der Waals surface area contributed by atoms with Gasteiger partial charge < -0.3 is 50.4 Å². The van der Waals surface area contributed by atoms with Gasteiger partial charge in [-0.2, -0.15) is 0 Å². The van der Waals surface area contributed by atoms with Crippen LogP contribution in [0.25, 0.3) is 0 Å². The summed E-state index contributed by atoms with van der Waals surface area (Å²) in [5, 5.41) is 22.9. The number of methoxy groups -OCH3 is 1. The summed E-state index contributed by atoms with van der Waals surface area (Å²) in [7, 11) is 4.56. The number of Topliss-reactive ketones (excluding diaryl/α,β-unsaturated/α-hetero) is 1. The molecule has 0 bridgehead atoms. The van der Waals surface area contributed by atoms with Crippen molar-refractivity contribution in [2.24, 2.45) is 29.6 Å². The van der Waals surface area contributed by atoms with Crippen LogP contribution in [0.2, 0.25) is 0 Å². The quantitative estimate of drug-likeness (QED) is 0.142. The molecule has 2 heterocycles. The minimum atomic E-state index is -1.55. The number of carbonyl (C=O) groups excluding carboxylic acids is 8. The van der Waals surface area contributed by atoms with E-state index in [0.29, 0.717) is 30.6 Å². The van der Waals surface area contributed by atoms with E-state index >= 15 is 0 Å². The van der Waals surface area contributed by atoms with Crippen molar-refractivity contribution in [3.8, 4) is 5.75 Å². The Bertz CT molecular complexity index is 1870. The number of aliphatic hydroxyl groups excluding tert-OH is 1. The van der Waals surface area contributed by atoms with Crippen molar-refractivity contribution in [1.29, 1.82) is 0 Å². The van der Waals surface area contributed by atoms with Crippen LogP contribution < -0.4 is 26.0 Å². The molecule has 5 N–H and O–H groups in total. The highest BCUT2D eigenvalue weighted by atomic mass is 16.6. The molecule has 376 valence electrons. The molecule has 18 heteroatoms. The molecule has 5 amide bonds. The summed E-state index contributed by atoms with van der Waals surface area (Å²) >= 11 is 0. The van der Waals surface area contributed by atoms with Crippen molar-refractivity contribution in [2.45, 2.75) is 169 Å². The van der Waals surface area contributed by atoms with Gasteiger partial charge in [0.1, 0.15) is 36.0 Å². The zero-order valence-corrected chi connectivity index (χ0v) is 41.9. The van der Waals surface area contributed by atoms with Gasteiger partial charge >= 0.3 is 11.9 Å². The van der Waals surface area contributed by atoms with Gasteiger partial charge in [-0.25, -0.2) is 4.79 Å². The van der Waals surface area contributed by atoms with Gasteiger partial charge in [0, 0.05) is 20.0 Å². The molecule has 1 aromatic carbocycles. The number of rotatable bonds is 13. The molecule has 0 saturated carbocycles. The number of fused-ring (bicyclic) bond motifs is 1. The molecule has 11 atom stereocenters. The average molecular weight is 943 g/mol. The number of hydrogen-bond acceptors (Lipinski definition) is 13. The maximum Gasteiger partial charge on any atom is 0.329 e. The molecule has 2 aliphatic heterocycles. The Morgan fingerprint density at radius 1 is 0.910 bits per heavy atom. The van der Waals surface area contributed by atoms with Crippen LogP contribution in [0.4, 0.5) is 0 Å². The predicted octanol–water partition coefficient (Wildman–Crippen LogP) is 2.71. The molecule has 0 aliphatic carbocycles. The smallest absolute Gasteiger partial charge is 0.329 e. The highest BCUT2D eigenvalue weighted by Crippen LogP contribution is 2.26. The highest BCUT2D eigenvalue weighted by molar-refractivity contribution is 6.05. The van der Waals surface area contributed by atoms with Crippen LogP contribution in [0.1, 0.15) is 113 Å². The molecule has 1 aromatic rings. The van der Waals surface area contributed by atoms with Gasteiger partial charge in [-0.3, -0.25) is 33.6 Å². The van der Waals surface area contributed by atoms with Crippen LogP contribution in [0, 0.1) is 29.6 Å². The molecule has 0 spiro atoms. The number of likely N-dealkylation sites (N-methyl/N-ethyl adjacent to an activating group) is 2. The topological polar surface area (TPSA) is 239 Å². The Morgan fingerprint density at radius 2 is 1.55 bits per heavy atom. The monoisotopic (exact) mass is 943 g/mol. The number of esters is 2. The van der Waals surface area contributed by atoms with Gasteiger partial charge in [-0.15, -0.1) is 0 Å². The van der Waals surface area contributed by atoms with E-state index in [0.717, 1.165) is 0 Å². The van der Waals surface area contributed by atoms with E-state index in [1.807, 2.05) is 34.6 Å². The number of amides is 5. The number of hydrogen-bond donors (Lipinski definition) is 5. The van der Waals surface area contributed by atoms with Crippen molar-refractivity contribution >= 4 is 47.3 Å². The fourth-order valence-corrected chi connectivity index (χ4v) is 8.55. The first-order valence-electron chi connectivity index (χ1n) is 23.9. The number of aliphatic hydroxyl groups is 1. The summed E-state index contributed by atoms with van der Waals surface area (Å²) in [4.78, 5) is 116. The molecule has 18 nitrogen and oxygen atoms in total. The third kappa shape index (κ3) is 15.5. The predicted molar refractivity (Wildman–Crippen MR) is 250 cm³/mol. The van der Waals surface area contributed by atoms with Crippen LogP contribution in [0.5, 0.6) is 5.75 Å². The van der Waals surface area contributed by atoms with Crippen LogP contribution in [-0.2, 0) is 54.3 Å². The van der Waals surface area contributed by atoms with Gasteiger partial charge in [-0.1, -0.05) is 73.9 Å². The SMILES string of the molecule is CC[C@H](C)[C@@H]1NC(=O)[C@@H](NC(=O)[C@@H](CC(C)C)NC)[C@@H](C)OC(=O)[C@H](Cc2ccc(OC)cc2)N(C)C(=O)[C@@H]2CCCN2C(=O)[C@H](CC(C)C)NC(=O)[C@@H](C)C(=O)C(C(C)C)OC(=O)C[C@@H]1O. The summed E-state index contributed by atoms with van der Waals surface area (Å²) in [5.41, 5.74) is 0.631. The summed E-state index contributed by atoms with van der Waals surface area (Å²) in [6.45, 7) is 17.4. The van der Waals surface area contributed by atoms with Gasteiger partial charge in [0.2, 0.25) is 29.5 Å². The number of nitrogens with one attached hydrogen (secondary N) is 4. The van der Waals surface area contributed by atoms with Crippen molar-refractivity contribution < 1.29 is 57.7 Å². The Kier molecular flexibility index (Phi) is 21.7. The third-order valence-corrected chi connectivity index (χ3v) is 12.9. The Hall–Kier alpha value is -5.10. The molecule has 2 saturated heterocycles. The first-order valence-corrected chi connectivity index (χ1v) is 23.9. The minimum Gasteiger partial charge on any atom is -0.497 e. The number of benzene rings is 1. The first kappa shape index (κ1) is 56.2. The first-order chi connectivity index (χ1) is 31.4. The molecule has 2 aliphatic rings. The second kappa shape index (κ2) is 25.9. The van der Waals surface area contributed by atoms with Gasteiger partial charge in [-0.05, 0) is 87.9 Å². The summed E-state index contributed by atoms with van der Waals surface area (Å²) in [6.07, 6.45) is -3.30. The van der Waals surface area contributed by atoms with E-state index in [4.69, 9.17) is 14.2 Å². The summed E-state index contributed by atoms with van der Waals surface area (Å²) < 4.78 is 17.1. The van der Waals surface area contributed by atoms with Gasteiger partial charge in [0.15, 0.2) is 11.9 Å². The molecule has 67 heavy (non-hydrogen) atoms. The molecule has 3 rings (SSSR count). The second-order valence-corrected chi connectivity index (χ2v) is 19.5. The van der Waals surface area contributed by atoms with Gasteiger partial charge in [0.25, 0.3) is 0 Å². The van der Waals surface area contributed by atoms with Crippen molar-refractivity contribution in [1.82, 2.24) is 31.1 Å². The lowest BCUT2D eigenvalue weighted by Gasteiger charge is -2.35. The number of ketones is 1. The van der Waals surface area contributed by atoms with E-state index in [2.05, 4.69) is 21.3 Å². The maximum atomic E-state index is 14.7. The number of nitrogens with zero attached hydrogens (tertiary/aromatic N) is 2. The lowest BCUT2D eigenvalue weighted by molar-refractivity contribution is -0.163. The molecule has 1 unspecified atom stereocenters. The molecular formula is C49H78N6O12. The molecular weight excluding hydrogens is 865 g/mol. The van der Waals surface area contributed by atoms with Crippen LogP contribution in [0.3, 0.4) is 0 Å². The standard InChI is InChI=1S/C49H78N6O12/c1-14-29(8)40-38(56)25-39(57)67-43(28(6)7)42(58)30(9)44(59)51-35(23-27(4)5)47(62)55-21-15-16-36(55)48(63)54(12)37(24-32-17-19-33(65-13)20-18-32)49(64)66-31(10)41(46(61)52-40)53-45(60)34(50-11)22-26(2)3/h17-20,26-31,34-38,40-41,43,50,56H,14-16,21-25H2,1-13H3,(H,51,59)(H,52,61)(H,53,60)/t29-,30-,31+,34+,35-,36-,37-,38-,40-,41-,43?/m0/s1. The maximum absolute atomic E-state index is 14.7. The summed E-state index contributed by atoms with van der Waals surface area (Å²) in [6, 6.07) is 0.0322. The molecule has 0 radical (unpaired) electrons. The van der Waals surface area contributed by atoms with E-state index in [-0.39, 0.29) is 37.6 Å². The lowest BCUT2D eigenvalue weighted by Crippen LogP contribution is -2.61. The van der Waals surface area contributed by atoms with Crippen molar-refractivity contribution in [3.63, 3.8) is 0 Å². The number of carbonyl (C=O) groups is 8. The largest absolute Gasteiger partial charge is 0.497 e. The van der Waals surface area contributed by atoms with E-state index < -0.39 is 126 Å². The lowest BCUT2D eigenvalue weighted by atomic mass is 9.91. The zero-order chi connectivity index (χ0) is 50.4. The second-order valence-electron chi connectivity index (χ2n) is 19.5. The Labute approximate surface area is 396 Å². The highest BCUT2D eigenvalue weighted by Gasteiger charge is 2.44. The minimum absolute atomic E-state index is 0.0500. The summed E-state index contributed by atoms with van der Waals surface area (Å²) in [5.74, 6) is -7.71. The van der Waals surface area contributed by atoms with Crippen LogP contribution in [-0.4, -0.2) is 144 Å². The van der Waals surface area contributed by atoms with Crippen LogP contribution >= 0.6 is 0 Å². The molecule has 2 fully saturated rings. The van der Waals surface area contributed by atoms with E-state index in [1.165, 1.54) is 37.8 Å².